The maximum absolute atomic E-state index is 5.52. The lowest BCUT2D eigenvalue weighted by Crippen LogP contribution is -2.11. The van der Waals surface area contributed by atoms with E-state index in [0.29, 0.717) is 18.3 Å². The van der Waals surface area contributed by atoms with E-state index < -0.39 is 0 Å². The van der Waals surface area contributed by atoms with Gasteiger partial charge >= 0.3 is 0 Å². The zero-order valence-corrected chi connectivity index (χ0v) is 9.37. The second-order valence-corrected chi connectivity index (χ2v) is 4.92. The Balaban J connectivity index is 2.69. The van der Waals surface area contributed by atoms with Gasteiger partial charge in [0.25, 0.3) is 0 Å². The Bertz CT molecular complexity index is 288. The van der Waals surface area contributed by atoms with Crippen molar-refractivity contribution in [2.45, 2.75) is 40.0 Å². The predicted octanol–water partition coefficient (Wildman–Crippen LogP) is 1.72. The van der Waals surface area contributed by atoms with Gasteiger partial charge in [-0.2, -0.15) is 4.98 Å². The Labute approximate surface area is 84.9 Å². The largest absolute Gasteiger partial charge is 0.339 e. The quantitative estimate of drug-likeness (QED) is 0.801. The molecular weight excluding hydrogens is 178 g/mol. The van der Waals surface area contributed by atoms with E-state index in [4.69, 9.17) is 10.3 Å². The van der Waals surface area contributed by atoms with Crippen LogP contribution in [0.25, 0.3) is 0 Å². The van der Waals surface area contributed by atoms with Crippen molar-refractivity contribution in [2.75, 3.05) is 6.54 Å². The van der Waals surface area contributed by atoms with Gasteiger partial charge in [-0.25, -0.2) is 0 Å². The lowest BCUT2D eigenvalue weighted by Gasteiger charge is -2.13. The summed E-state index contributed by atoms with van der Waals surface area (Å²) in [6.07, 6.45) is 0.803. The molecule has 1 unspecified atom stereocenters. The van der Waals surface area contributed by atoms with Crippen molar-refractivity contribution in [3.63, 3.8) is 0 Å². The lowest BCUT2D eigenvalue weighted by molar-refractivity contribution is 0.311. The molecule has 0 saturated heterocycles. The Hall–Kier alpha value is -0.900. The molecule has 0 saturated carbocycles. The van der Waals surface area contributed by atoms with Gasteiger partial charge in [0.15, 0.2) is 5.82 Å². The molecule has 0 radical (unpaired) electrons. The Kier molecular flexibility index (Phi) is 3.26. The molecule has 0 bridgehead atoms. The van der Waals surface area contributed by atoms with Crippen molar-refractivity contribution in [1.82, 2.24) is 10.1 Å². The summed E-state index contributed by atoms with van der Waals surface area (Å²) >= 11 is 0. The van der Waals surface area contributed by atoms with Crippen molar-refractivity contribution in [3.05, 3.63) is 11.7 Å². The molecule has 1 rings (SSSR count). The number of nitrogens with zero attached hydrogens (tertiary/aromatic N) is 2. The zero-order valence-electron chi connectivity index (χ0n) is 9.37. The Morgan fingerprint density at radius 3 is 2.57 bits per heavy atom. The van der Waals surface area contributed by atoms with Crippen molar-refractivity contribution in [1.29, 1.82) is 0 Å². The molecule has 1 heterocycles. The minimum Gasteiger partial charge on any atom is -0.339 e. The van der Waals surface area contributed by atoms with E-state index in [-0.39, 0.29) is 11.3 Å². The van der Waals surface area contributed by atoms with Crippen molar-refractivity contribution in [2.24, 2.45) is 11.1 Å². The van der Waals surface area contributed by atoms with Crippen molar-refractivity contribution in [3.8, 4) is 0 Å². The van der Waals surface area contributed by atoms with Gasteiger partial charge in [-0.05, 0) is 5.41 Å². The fourth-order valence-electron chi connectivity index (χ4n) is 1.10. The maximum atomic E-state index is 5.52. The molecule has 1 aromatic heterocycles. The lowest BCUT2D eigenvalue weighted by atomic mass is 9.92. The van der Waals surface area contributed by atoms with Crippen LogP contribution in [0.2, 0.25) is 0 Å². The Morgan fingerprint density at radius 2 is 2.07 bits per heavy atom. The van der Waals surface area contributed by atoms with Crippen LogP contribution in [-0.4, -0.2) is 16.7 Å². The van der Waals surface area contributed by atoms with Crippen LogP contribution in [0, 0.1) is 5.41 Å². The molecule has 0 aliphatic rings. The molecule has 4 heteroatoms. The number of hydrogen-bond acceptors (Lipinski definition) is 4. The summed E-state index contributed by atoms with van der Waals surface area (Å²) in [7, 11) is 0. The average molecular weight is 197 g/mol. The van der Waals surface area contributed by atoms with Gasteiger partial charge < -0.3 is 10.3 Å². The predicted molar refractivity (Wildman–Crippen MR) is 54.9 cm³/mol. The Morgan fingerprint density at radius 1 is 1.43 bits per heavy atom. The average Bonchev–Trinajstić information content (AvgIpc) is 2.48. The first kappa shape index (κ1) is 11.2. The fraction of sp³-hybridized carbons (Fsp3) is 0.800. The molecular formula is C10H19N3O. The normalized spacial score (nSPS) is 14.4. The van der Waals surface area contributed by atoms with Crippen LogP contribution in [0.4, 0.5) is 0 Å². The van der Waals surface area contributed by atoms with Gasteiger partial charge in [0.1, 0.15) is 0 Å². The third kappa shape index (κ3) is 3.10. The maximum Gasteiger partial charge on any atom is 0.227 e. The van der Waals surface area contributed by atoms with Crippen LogP contribution < -0.4 is 5.73 Å². The standard InChI is InChI=1S/C10H19N3O/c1-7(6-11)9-12-8(14-13-9)5-10(2,3)4/h7H,5-6,11H2,1-4H3. The van der Waals surface area contributed by atoms with Gasteiger partial charge in [0, 0.05) is 18.9 Å². The second kappa shape index (κ2) is 4.09. The highest BCUT2D eigenvalue weighted by atomic mass is 16.5. The smallest absolute Gasteiger partial charge is 0.227 e. The summed E-state index contributed by atoms with van der Waals surface area (Å²) in [4.78, 5) is 4.31. The van der Waals surface area contributed by atoms with Crippen LogP contribution in [0.15, 0.2) is 4.52 Å². The van der Waals surface area contributed by atoms with Gasteiger partial charge in [0.05, 0.1) is 0 Å². The summed E-state index contributed by atoms with van der Waals surface area (Å²) in [5, 5.41) is 3.90. The highest BCUT2D eigenvalue weighted by Crippen LogP contribution is 2.20. The summed E-state index contributed by atoms with van der Waals surface area (Å²) < 4.78 is 5.15. The first-order valence-corrected chi connectivity index (χ1v) is 4.95. The molecule has 0 amide bonds. The van der Waals surface area contributed by atoms with E-state index in [1.165, 1.54) is 0 Å². The topological polar surface area (TPSA) is 64.9 Å². The van der Waals surface area contributed by atoms with Crippen molar-refractivity contribution < 1.29 is 4.52 Å². The van der Waals surface area contributed by atoms with Crippen LogP contribution in [-0.2, 0) is 6.42 Å². The van der Waals surface area contributed by atoms with E-state index in [0.717, 1.165) is 6.42 Å². The van der Waals surface area contributed by atoms with Crippen LogP contribution >= 0.6 is 0 Å². The molecule has 0 aromatic carbocycles. The summed E-state index contributed by atoms with van der Waals surface area (Å²) in [6.45, 7) is 8.97. The van der Waals surface area contributed by atoms with E-state index in [2.05, 4.69) is 30.9 Å². The van der Waals surface area contributed by atoms with Crippen LogP contribution in [0.3, 0.4) is 0 Å². The molecule has 14 heavy (non-hydrogen) atoms. The monoisotopic (exact) mass is 197 g/mol. The third-order valence-corrected chi connectivity index (χ3v) is 1.96. The van der Waals surface area contributed by atoms with Gasteiger partial charge in [-0.3, -0.25) is 0 Å². The van der Waals surface area contributed by atoms with Gasteiger partial charge in [-0.15, -0.1) is 0 Å². The second-order valence-electron chi connectivity index (χ2n) is 4.92. The highest BCUT2D eigenvalue weighted by Gasteiger charge is 2.18. The van der Waals surface area contributed by atoms with Crippen LogP contribution in [0.1, 0.15) is 45.3 Å². The molecule has 0 spiro atoms. The van der Waals surface area contributed by atoms with Gasteiger partial charge in [0.2, 0.25) is 5.89 Å². The molecule has 1 aromatic rings. The van der Waals surface area contributed by atoms with Crippen molar-refractivity contribution >= 4 is 0 Å². The molecule has 2 N–H and O–H groups in total. The molecule has 0 aliphatic heterocycles. The first-order valence-electron chi connectivity index (χ1n) is 4.95. The molecule has 0 fully saturated rings. The SMILES string of the molecule is CC(CN)c1noc(CC(C)(C)C)n1. The number of rotatable bonds is 3. The van der Waals surface area contributed by atoms with Gasteiger partial charge in [-0.1, -0.05) is 32.9 Å². The number of hydrogen-bond donors (Lipinski definition) is 1. The van der Waals surface area contributed by atoms with E-state index in [9.17, 15) is 0 Å². The number of aromatic nitrogens is 2. The molecule has 4 nitrogen and oxygen atoms in total. The fourth-order valence-corrected chi connectivity index (χ4v) is 1.10. The first-order chi connectivity index (χ1) is 6.42. The number of nitrogens with two attached hydrogens (primary N) is 1. The third-order valence-electron chi connectivity index (χ3n) is 1.96. The summed E-state index contributed by atoms with van der Waals surface area (Å²) in [5.41, 5.74) is 5.70. The minimum atomic E-state index is 0.174. The summed E-state index contributed by atoms with van der Waals surface area (Å²) in [6, 6.07) is 0. The van der Waals surface area contributed by atoms with E-state index in [1.54, 1.807) is 0 Å². The van der Waals surface area contributed by atoms with Crippen LogP contribution in [0.5, 0.6) is 0 Å². The molecule has 1 atom stereocenters. The molecule has 80 valence electrons. The zero-order chi connectivity index (χ0) is 10.8. The van der Waals surface area contributed by atoms with E-state index in [1.807, 2.05) is 6.92 Å². The van der Waals surface area contributed by atoms with E-state index >= 15 is 0 Å². The highest BCUT2D eigenvalue weighted by molar-refractivity contribution is 4.95. The minimum absolute atomic E-state index is 0.174. The molecule has 0 aliphatic carbocycles. The summed E-state index contributed by atoms with van der Waals surface area (Å²) in [5.74, 6) is 1.59.